The average Bonchev–Trinajstić information content (AvgIpc) is 2.63. The highest BCUT2D eigenvalue weighted by atomic mass is 127. The Kier molecular flexibility index (Phi) is 15.0. The van der Waals surface area contributed by atoms with Gasteiger partial charge < -0.3 is 25.8 Å². The summed E-state index contributed by atoms with van der Waals surface area (Å²) in [6.45, 7) is 5.94. The summed E-state index contributed by atoms with van der Waals surface area (Å²) < 4.78 is 10.9. The quantitative estimate of drug-likeness (QED) is 0.185. The van der Waals surface area contributed by atoms with E-state index in [1.54, 1.807) is 19.2 Å². The Morgan fingerprint density at radius 3 is 2.54 bits per heavy atom. The molecule has 26 heavy (non-hydrogen) atoms. The van der Waals surface area contributed by atoms with Crippen molar-refractivity contribution in [1.82, 2.24) is 10.6 Å². The van der Waals surface area contributed by atoms with Gasteiger partial charge in [-0.15, -0.1) is 24.0 Å². The molecule has 0 aliphatic rings. The molecule has 1 aromatic rings. The number of aliphatic imine (C=N–C) groups is 1. The summed E-state index contributed by atoms with van der Waals surface area (Å²) in [6.07, 6.45) is 2.23. The lowest BCUT2D eigenvalue weighted by atomic mass is 10.1. The second-order valence-electron chi connectivity index (χ2n) is 5.50. The number of nitrogens with zero attached hydrogens (tertiary/aromatic N) is 1. The van der Waals surface area contributed by atoms with Crippen LogP contribution in [0.5, 0.6) is 0 Å². The fourth-order valence-corrected chi connectivity index (χ4v) is 2.05. The van der Waals surface area contributed by atoms with E-state index in [4.69, 9.17) is 15.2 Å². The van der Waals surface area contributed by atoms with E-state index in [1.165, 1.54) is 0 Å². The van der Waals surface area contributed by atoms with Crippen molar-refractivity contribution >= 4 is 35.8 Å². The molecule has 0 aliphatic heterocycles. The number of nitrogens with two attached hydrogens (primary N) is 1. The molecule has 0 unspecified atom stereocenters. The van der Waals surface area contributed by atoms with Crippen LogP contribution in [0.25, 0.3) is 0 Å². The van der Waals surface area contributed by atoms with Crippen molar-refractivity contribution in [2.45, 2.75) is 26.3 Å². The number of carbonyl (C=O) groups excluding carboxylic acids is 1. The van der Waals surface area contributed by atoms with Crippen molar-refractivity contribution < 1.29 is 14.3 Å². The molecule has 0 fully saturated rings. The Morgan fingerprint density at radius 1 is 1.15 bits per heavy atom. The van der Waals surface area contributed by atoms with Crippen LogP contribution in [0.15, 0.2) is 29.3 Å². The van der Waals surface area contributed by atoms with Gasteiger partial charge >= 0.3 is 0 Å². The molecule has 0 saturated heterocycles. The van der Waals surface area contributed by atoms with Gasteiger partial charge in [0.1, 0.15) is 0 Å². The minimum atomic E-state index is -0.430. The van der Waals surface area contributed by atoms with E-state index in [1.807, 2.05) is 12.1 Å². The zero-order valence-corrected chi connectivity index (χ0v) is 18.0. The number of guanidine groups is 1. The highest BCUT2D eigenvalue weighted by Crippen LogP contribution is 2.04. The lowest BCUT2D eigenvalue weighted by Gasteiger charge is -2.12. The van der Waals surface area contributed by atoms with Crippen LogP contribution in [-0.4, -0.2) is 51.9 Å². The van der Waals surface area contributed by atoms with E-state index in [2.05, 4.69) is 22.5 Å². The zero-order valence-electron chi connectivity index (χ0n) is 15.6. The first-order valence-corrected chi connectivity index (χ1v) is 8.66. The van der Waals surface area contributed by atoms with E-state index in [-0.39, 0.29) is 24.0 Å². The first-order chi connectivity index (χ1) is 12.2. The van der Waals surface area contributed by atoms with Gasteiger partial charge in [-0.2, -0.15) is 0 Å². The van der Waals surface area contributed by atoms with Crippen LogP contribution in [0.3, 0.4) is 0 Å². The third-order valence-corrected chi connectivity index (χ3v) is 3.45. The molecule has 0 radical (unpaired) electrons. The van der Waals surface area contributed by atoms with E-state index >= 15 is 0 Å². The Bertz CT molecular complexity index is 541. The van der Waals surface area contributed by atoms with Gasteiger partial charge in [-0.05, 0) is 24.1 Å². The van der Waals surface area contributed by atoms with Gasteiger partial charge in [0.2, 0.25) is 5.91 Å². The number of ether oxygens (including phenoxy) is 2. The Balaban J connectivity index is 0.00000625. The number of hydrogen-bond acceptors (Lipinski definition) is 4. The Labute approximate surface area is 173 Å². The fraction of sp³-hybridized carbons (Fsp3) is 0.556. The lowest BCUT2D eigenvalue weighted by Crippen LogP contribution is -2.38. The number of benzene rings is 1. The number of rotatable bonds is 12. The van der Waals surface area contributed by atoms with Crippen molar-refractivity contribution in [3.05, 3.63) is 35.4 Å². The summed E-state index contributed by atoms with van der Waals surface area (Å²) in [5.41, 5.74) is 6.74. The van der Waals surface area contributed by atoms with E-state index in [0.717, 1.165) is 25.0 Å². The van der Waals surface area contributed by atoms with Crippen LogP contribution in [0.2, 0.25) is 0 Å². The minimum absolute atomic E-state index is 0. The molecule has 0 saturated carbocycles. The van der Waals surface area contributed by atoms with Gasteiger partial charge in [0.25, 0.3) is 0 Å². The van der Waals surface area contributed by atoms with Gasteiger partial charge in [-0.3, -0.25) is 9.79 Å². The summed E-state index contributed by atoms with van der Waals surface area (Å²) in [6, 6.07) is 7.20. The number of unbranched alkanes of at least 4 members (excludes halogenated alkanes) is 1. The number of carbonyl (C=O) groups is 1. The maximum atomic E-state index is 11.2. The molecule has 148 valence electrons. The number of amides is 1. The summed E-state index contributed by atoms with van der Waals surface area (Å²) in [5, 5.41) is 6.35. The van der Waals surface area contributed by atoms with Crippen molar-refractivity contribution in [2.75, 3.05) is 40.0 Å². The molecule has 8 heteroatoms. The van der Waals surface area contributed by atoms with Gasteiger partial charge in [-0.25, -0.2) is 0 Å². The van der Waals surface area contributed by atoms with Crippen LogP contribution in [0.1, 0.15) is 35.7 Å². The molecule has 1 aromatic carbocycles. The van der Waals surface area contributed by atoms with Crippen LogP contribution >= 0.6 is 24.0 Å². The monoisotopic (exact) mass is 478 g/mol. The highest BCUT2D eigenvalue weighted by Gasteiger charge is 2.02. The smallest absolute Gasteiger partial charge is 0.248 e. The third kappa shape index (κ3) is 11.3. The molecule has 0 aromatic heterocycles. The average molecular weight is 478 g/mol. The second-order valence-corrected chi connectivity index (χ2v) is 5.50. The van der Waals surface area contributed by atoms with Crippen molar-refractivity contribution in [2.24, 2.45) is 10.7 Å². The third-order valence-electron chi connectivity index (χ3n) is 3.45. The molecule has 1 amide bonds. The first-order valence-electron chi connectivity index (χ1n) is 8.66. The Morgan fingerprint density at radius 2 is 1.88 bits per heavy atom. The van der Waals surface area contributed by atoms with Crippen molar-refractivity contribution in [1.29, 1.82) is 0 Å². The van der Waals surface area contributed by atoms with E-state index in [9.17, 15) is 4.79 Å². The number of hydrogen-bond donors (Lipinski definition) is 3. The molecular weight excluding hydrogens is 447 g/mol. The molecule has 0 spiro atoms. The van der Waals surface area contributed by atoms with E-state index < -0.39 is 5.91 Å². The molecule has 0 atom stereocenters. The topological polar surface area (TPSA) is 98.0 Å². The predicted molar refractivity (Wildman–Crippen MR) is 115 cm³/mol. The zero-order chi connectivity index (χ0) is 18.3. The van der Waals surface area contributed by atoms with Gasteiger partial charge in [-0.1, -0.05) is 25.5 Å². The van der Waals surface area contributed by atoms with Crippen LogP contribution in [-0.2, 0) is 16.0 Å². The maximum absolute atomic E-state index is 11.2. The highest BCUT2D eigenvalue weighted by molar-refractivity contribution is 14.0. The summed E-state index contributed by atoms with van der Waals surface area (Å²) in [5.74, 6) is 0.243. The predicted octanol–water partition coefficient (Wildman–Crippen LogP) is 1.90. The molecule has 1 rings (SSSR count). The number of nitrogens with one attached hydrogen (secondary N) is 2. The van der Waals surface area contributed by atoms with Gasteiger partial charge in [0, 0.05) is 32.3 Å². The number of halogens is 1. The minimum Gasteiger partial charge on any atom is -0.379 e. The number of primary amides is 1. The maximum Gasteiger partial charge on any atom is 0.248 e. The summed E-state index contributed by atoms with van der Waals surface area (Å²) in [7, 11) is 1.71. The molecule has 0 heterocycles. The Hall–Kier alpha value is -1.39. The normalized spacial score (nSPS) is 10.9. The second kappa shape index (κ2) is 15.8. The largest absolute Gasteiger partial charge is 0.379 e. The van der Waals surface area contributed by atoms with Crippen LogP contribution < -0.4 is 16.4 Å². The SMILES string of the molecule is CCCCOCCOCCNC(=NC)NCc1cccc(C(N)=O)c1.I. The molecule has 4 N–H and O–H groups in total. The molecular formula is C18H31IN4O3. The summed E-state index contributed by atoms with van der Waals surface area (Å²) in [4.78, 5) is 15.3. The van der Waals surface area contributed by atoms with Gasteiger partial charge in [0.15, 0.2) is 5.96 Å². The van der Waals surface area contributed by atoms with Crippen LogP contribution in [0.4, 0.5) is 0 Å². The first kappa shape index (κ1) is 24.6. The van der Waals surface area contributed by atoms with Crippen molar-refractivity contribution in [3.63, 3.8) is 0 Å². The standard InChI is InChI=1S/C18H30N4O3.HI/c1-3-4-9-24-11-12-25-10-8-21-18(20-2)22-14-15-6-5-7-16(13-15)17(19)23;/h5-7,13H,3-4,8-12,14H2,1-2H3,(H2,19,23)(H2,20,21,22);1H. The van der Waals surface area contributed by atoms with Crippen molar-refractivity contribution in [3.8, 4) is 0 Å². The molecule has 7 nitrogen and oxygen atoms in total. The molecule has 0 aliphatic carbocycles. The van der Waals surface area contributed by atoms with E-state index in [0.29, 0.717) is 44.4 Å². The molecule has 0 bridgehead atoms. The van der Waals surface area contributed by atoms with Crippen LogP contribution in [0, 0.1) is 0 Å². The summed E-state index contributed by atoms with van der Waals surface area (Å²) >= 11 is 0. The van der Waals surface area contributed by atoms with Gasteiger partial charge in [0.05, 0.1) is 19.8 Å². The fourth-order valence-electron chi connectivity index (χ4n) is 2.05. The lowest BCUT2D eigenvalue weighted by molar-refractivity contribution is 0.0487.